The molecular weight excluding hydrogens is 356 g/mol. The fourth-order valence-electron chi connectivity index (χ4n) is 1.69. The Morgan fingerprint density at radius 3 is 2.35 bits per heavy atom. The summed E-state index contributed by atoms with van der Waals surface area (Å²) in [6, 6.07) is 0. The Morgan fingerprint density at radius 2 is 1.57 bits per heavy atom. The van der Waals surface area contributed by atoms with Crippen molar-refractivity contribution in [3.8, 4) is 0 Å². The van der Waals surface area contributed by atoms with Gasteiger partial charge in [-0.2, -0.15) is 10.2 Å². The monoisotopic (exact) mass is 366 g/mol. The predicted molar refractivity (Wildman–Crippen MR) is 91.9 cm³/mol. The predicted octanol–water partition coefficient (Wildman–Crippen LogP) is 2.80. The SMILES string of the molecule is CSc1nc(Cl)c2cn[nH]c2n1.CSc1ncc2cn[nH]c2n1. The molecule has 0 saturated carbocycles. The van der Waals surface area contributed by atoms with Crippen LogP contribution in [-0.2, 0) is 0 Å². The molecule has 0 aliphatic heterocycles. The van der Waals surface area contributed by atoms with E-state index in [1.54, 1.807) is 18.6 Å². The molecule has 0 aromatic carbocycles. The second-order valence-corrected chi connectivity index (χ2v) is 6.07. The maximum absolute atomic E-state index is 5.86. The van der Waals surface area contributed by atoms with E-state index < -0.39 is 0 Å². The Balaban J connectivity index is 0.000000136. The van der Waals surface area contributed by atoms with Crippen molar-refractivity contribution < 1.29 is 0 Å². The molecule has 4 aromatic rings. The normalized spacial score (nSPS) is 10.7. The molecule has 0 saturated heterocycles. The molecule has 11 heteroatoms. The van der Waals surface area contributed by atoms with E-state index in [1.165, 1.54) is 23.5 Å². The van der Waals surface area contributed by atoms with Crippen LogP contribution in [0.2, 0.25) is 5.15 Å². The molecule has 0 unspecified atom stereocenters. The van der Waals surface area contributed by atoms with E-state index in [0.29, 0.717) is 16.0 Å². The quantitative estimate of drug-likeness (QED) is 0.316. The average molecular weight is 367 g/mol. The van der Waals surface area contributed by atoms with Crippen LogP contribution in [0.3, 0.4) is 0 Å². The summed E-state index contributed by atoms with van der Waals surface area (Å²) in [4.78, 5) is 16.5. The van der Waals surface area contributed by atoms with E-state index >= 15 is 0 Å². The third-order valence-corrected chi connectivity index (χ3v) is 4.17. The molecule has 118 valence electrons. The first kappa shape index (κ1) is 16.0. The Morgan fingerprint density at radius 1 is 0.870 bits per heavy atom. The number of aromatic amines is 2. The van der Waals surface area contributed by atoms with Gasteiger partial charge in [-0.15, -0.1) is 0 Å². The molecule has 0 atom stereocenters. The van der Waals surface area contributed by atoms with Crippen LogP contribution in [0.15, 0.2) is 28.9 Å². The molecular formula is C12H11ClN8S2. The van der Waals surface area contributed by atoms with Crippen LogP contribution in [0.25, 0.3) is 22.1 Å². The third-order valence-electron chi connectivity index (χ3n) is 2.78. The lowest BCUT2D eigenvalue weighted by Gasteiger charge is -1.95. The van der Waals surface area contributed by atoms with Crippen molar-refractivity contribution >= 4 is 57.2 Å². The number of hydrogen-bond donors (Lipinski definition) is 2. The number of H-pyrrole nitrogens is 2. The summed E-state index contributed by atoms with van der Waals surface area (Å²) in [6.07, 6.45) is 8.92. The topological polar surface area (TPSA) is 109 Å². The molecule has 4 rings (SSSR count). The average Bonchev–Trinajstić information content (AvgIpc) is 3.23. The number of thioether (sulfide) groups is 2. The van der Waals surface area contributed by atoms with Gasteiger partial charge in [-0.05, 0) is 12.5 Å². The summed E-state index contributed by atoms with van der Waals surface area (Å²) in [5.74, 6) is 0. The first-order chi connectivity index (χ1) is 11.2. The van der Waals surface area contributed by atoms with E-state index in [0.717, 1.165) is 21.6 Å². The van der Waals surface area contributed by atoms with Crippen molar-refractivity contribution in [1.29, 1.82) is 0 Å². The largest absolute Gasteiger partial charge is 0.261 e. The fraction of sp³-hybridized carbons (Fsp3) is 0.167. The van der Waals surface area contributed by atoms with Crippen molar-refractivity contribution in [3.63, 3.8) is 0 Å². The zero-order valence-corrected chi connectivity index (χ0v) is 14.5. The number of fused-ring (bicyclic) bond motifs is 2. The minimum absolute atomic E-state index is 0.443. The van der Waals surface area contributed by atoms with E-state index in [1.807, 2.05) is 12.5 Å². The van der Waals surface area contributed by atoms with Crippen LogP contribution in [0.1, 0.15) is 0 Å². The summed E-state index contributed by atoms with van der Waals surface area (Å²) >= 11 is 8.82. The van der Waals surface area contributed by atoms with Gasteiger partial charge < -0.3 is 0 Å². The zero-order chi connectivity index (χ0) is 16.2. The van der Waals surface area contributed by atoms with Crippen LogP contribution >= 0.6 is 35.1 Å². The van der Waals surface area contributed by atoms with Crippen LogP contribution in [0.5, 0.6) is 0 Å². The Hall–Kier alpha value is -1.91. The van der Waals surface area contributed by atoms with Crippen molar-refractivity contribution in [2.75, 3.05) is 12.5 Å². The molecule has 0 fully saturated rings. The number of hydrogen-bond acceptors (Lipinski definition) is 8. The molecule has 4 aromatic heterocycles. The minimum Gasteiger partial charge on any atom is -0.261 e. The van der Waals surface area contributed by atoms with Gasteiger partial charge in [0.1, 0.15) is 5.15 Å². The third kappa shape index (κ3) is 3.54. The lowest BCUT2D eigenvalue weighted by Crippen LogP contribution is -1.87. The van der Waals surface area contributed by atoms with Gasteiger partial charge >= 0.3 is 0 Å². The highest BCUT2D eigenvalue weighted by molar-refractivity contribution is 7.98. The van der Waals surface area contributed by atoms with Crippen molar-refractivity contribution in [2.24, 2.45) is 0 Å². The summed E-state index contributed by atoms with van der Waals surface area (Å²) in [6.45, 7) is 0. The van der Waals surface area contributed by atoms with Crippen molar-refractivity contribution in [1.82, 2.24) is 40.3 Å². The molecule has 4 heterocycles. The fourth-order valence-corrected chi connectivity index (χ4v) is 2.67. The van der Waals surface area contributed by atoms with E-state index in [2.05, 4.69) is 40.3 Å². The van der Waals surface area contributed by atoms with Gasteiger partial charge in [-0.25, -0.2) is 19.9 Å². The number of aromatic nitrogens is 8. The number of nitrogens with zero attached hydrogens (tertiary/aromatic N) is 6. The van der Waals surface area contributed by atoms with E-state index in [4.69, 9.17) is 11.6 Å². The minimum atomic E-state index is 0.443. The highest BCUT2D eigenvalue weighted by Gasteiger charge is 2.05. The molecule has 8 nitrogen and oxygen atoms in total. The number of nitrogens with one attached hydrogen (secondary N) is 2. The first-order valence-electron chi connectivity index (χ1n) is 6.32. The van der Waals surface area contributed by atoms with E-state index in [9.17, 15) is 0 Å². The Labute approximate surface area is 144 Å². The van der Waals surface area contributed by atoms with Crippen LogP contribution in [0.4, 0.5) is 0 Å². The van der Waals surface area contributed by atoms with Gasteiger partial charge in [0.15, 0.2) is 21.6 Å². The van der Waals surface area contributed by atoms with Gasteiger partial charge in [0.05, 0.1) is 23.2 Å². The molecule has 0 bridgehead atoms. The van der Waals surface area contributed by atoms with Gasteiger partial charge in [0.2, 0.25) is 0 Å². The van der Waals surface area contributed by atoms with Gasteiger partial charge in [0, 0.05) is 6.20 Å². The Kier molecular flexibility index (Phi) is 4.94. The molecule has 2 N–H and O–H groups in total. The molecule has 0 aliphatic carbocycles. The number of halogens is 1. The second-order valence-electron chi connectivity index (χ2n) is 4.16. The molecule has 0 aliphatic rings. The maximum Gasteiger partial charge on any atom is 0.190 e. The highest BCUT2D eigenvalue weighted by Crippen LogP contribution is 2.20. The van der Waals surface area contributed by atoms with Crippen LogP contribution in [0, 0.1) is 0 Å². The zero-order valence-electron chi connectivity index (χ0n) is 12.1. The van der Waals surface area contributed by atoms with Crippen LogP contribution in [-0.4, -0.2) is 52.8 Å². The van der Waals surface area contributed by atoms with Gasteiger partial charge in [0.25, 0.3) is 0 Å². The molecule has 23 heavy (non-hydrogen) atoms. The lowest BCUT2D eigenvalue weighted by molar-refractivity contribution is 0.984. The summed E-state index contributed by atoms with van der Waals surface area (Å²) in [7, 11) is 0. The summed E-state index contributed by atoms with van der Waals surface area (Å²) in [5, 5.41) is 16.7. The van der Waals surface area contributed by atoms with Crippen molar-refractivity contribution in [3.05, 3.63) is 23.7 Å². The van der Waals surface area contributed by atoms with E-state index in [-0.39, 0.29) is 0 Å². The van der Waals surface area contributed by atoms with Crippen LogP contribution < -0.4 is 0 Å². The maximum atomic E-state index is 5.86. The smallest absolute Gasteiger partial charge is 0.190 e. The standard InChI is InChI=1S/C6H5ClN4S.C6H6N4S/c1-12-6-9-4(7)3-2-8-11-5(3)10-6;1-11-6-7-2-4-3-8-10-5(4)9-6/h2H,1H3,(H,8,9,10,11);2-3H,1H3,(H,7,8,9,10). The number of rotatable bonds is 2. The lowest BCUT2D eigenvalue weighted by atomic mass is 10.4. The van der Waals surface area contributed by atoms with Gasteiger partial charge in [-0.1, -0.05) is 35.1 Å². The second kappa shape index (κ2) is 7.11. The van der Waals surface area contributed by atoms with Gasteiger partial charge in [-0.3, -0.25) is 10.2 Å². The Bertz CT molecular complexity index is 937. The molecule has 0 radical (unpaired) electrons. The summed E-state index contributed by atoms with van der Waals surface area (Å²) < 4.78 is 0. The first-order valence-corrected chi connectivity index (χ1v) is 9.14. The summed E-state index contributed by atoms with van der Waals surface area (Å²) in [5.41, 5.74) is 1.48. The molecule has 0 spiro atoms. The van der Waals surface area contributed by atoms with Crippen molar-refractivity contribution in [2.45, 2.75) is 10.3 Å². The highest BCUT2D eigenvalue weighted by atomic mass is 35.5. The molecule has 0 amide bonds.